The molecule has 0 fully saturated rings. The van der Waals surface area contributed by atoms with Crippen LogP contribution in [0.4, 0.5) is 11.5 Å². The number of aromatic nitrogens is 1. The van der Waals surface area contributed by atoms with E-state index in [1.54, 1.807) is 6.20 Å². The Kier molecular flexibility index (Phi) is 4.93. The van der Waals surface area contributed by atoms with Crippen LogP contribution in [-0.4, -0.2) is 16.9 Å². The Morgan fingerprint density at radius 2 is 1.90 bits per heavy atom. The minimum atomic E-state index is -0.126. The third kappa shape index (κ3) is 4.31. The largest absolute Gasteiger partial charge is 0.368 e. The van der Waals surface area contributed by atoms with E-state index in [-0.39, 0.29) is 5.91 Å². The molecule has 1 unspecified atom stereocenters. The number of anilines is 2. The number of rotatable bonds is 5. The second-order valence-corrected chi connectivity index (χ2v) is 5.21. The molecule has 0 bridgehead atoms. The van der Waals surface area contributed by atoms with Crippen molar-refractivity contribution < 1.29 is 4.79 Å². The molecular formula is C17H21N3O. The predicted molar refractivity (Wildman–Crippen MR) is 86.7 cm³/mol. The van der Waals surface area contributed by atoms with E-state index < -0.39 is 0 Å². The molecule has 0 saturated heterocycles. The number of nitrogens with one attached hydrogen (secondary N) is 2. The molecule has 0 spiro atoms. The second-order valence-electron chi connectivity index (χ2n) is 5.21. The number of pyridine rings is 1. The van der Waals surface area contributed by atoms with Gasteiger partial charge in [-0.05, 0) is 44.5 Å². The minimum absolute atomic E-state index is 0.126. The summed E-state index contributed by atoms with van der Waals surface area (Å²) in [6, 6.07) is 11.6. The van der Waals surface area contributed by atoms with Crippen LogP contribution in [-0.2, 0) is 0 Å². The zero-order valence-electron chi connectivity index (χ0n) is 12.7. The number of carbonyl (C=O) groups excluding carboxylic acids is 1. The summed E-state index contributed by atoms with van der Waals surface area (Å²) in [5.41, 5.74) is 2.46. The summed E-state index contributed by atoms with van der Waals surface area (Å²) in [6.07, 6.45) is 2.70. The van der Waals surface area contributed by atoms with E-state index in [1.807, 2.05) is 43.3 Å². The molecule has 110 valence electrons. The summed E-state index contributed by atoms with van der Waals surface area (Å²) in [4.78, 5) is 16.4. The molecule has 4 nitrogen and oxygen atoms in total. The fourth-order valence-electron chi connectivity index (χ4n) is 1.82. The predicted octanol–water partition coefficient (Wildman–Crippen LogP) is 3.85. The molecule has 2 aromatic rings. The van der Waals surface area contributed by atoms with Crippen LogP contribution in [0.15, 0.2) is 42.6 Å². The van der Waals surface area contributed by atoms with Crippen LogP contribution in [0.25, 0.3) is 0 Å². The number of hydrogen-bond donors (Lipinski definition) is 2. The molecule has 2 rings (SSSR count). The van der Waals surface area contributed by atoms with Crippen LogP contribution in [0.2, 0.25) is 0 Å². The zero-order valence-corrected chi connectivity index (χ0v) is 12.7. The van der Waals surface area contributed by atoms with Crippen molar-refractivity contribution in [1.82, 2.24) is 4.98 Å². The van der Waals surface area contributed by atoms with Crippen LogP contribution >= 0.6 is 0 Å². The Hall–Kier alpha value is -2.36. The number of benzene rings is 1. The van der Waals surface area contributed by atoms with E-state index in [4.69, 9.17) is 0 Å². The summed E-state index contributed by atoms with van der Waals surface area (Å²) in [7, 11) is 0. The number of nitrogens with zero attached hydrogens (tertiary/aromatic N) is 1. The van der Waals surface area contributed by atoms with Gasteiger partial charge >= 0.3 is 0 Å². The highest BCUT2D eigenvalue weighted by Gasteiger charge is 2.06. The van der Waals surface area contributed by atoms with E-state index in [9.17, 15) is 4.79 Å². The number of hydrogen-bond acceptors (Lipinski definition) is 3. The van der Waals surface area contributed by atoms with Gasteiger partial charge in [-0.2, -0.15) is 0 Å². The Morgan fingerprint density at radius 3 is 2.48 bits per heavy atom. The SMILES string of the molecule is CCC(C)Nc1ccc(NC(=O)c2ccc(C)cc2)cn1. The van der Waals surface area contributed by atoms with E-state index in [2.05, 4.69) is 29.5 Å². The Bertz CT molecular complexity index is 590. The lowest BCUT2D eigenvalue weighted by Crippen LogP contribution is -2.15. The van der Waals surface area contributed by atoms with E-state index >= 15 is 0 Å². The summed E-state index contributed by atoms with van der Waals surface area (Å²) in [5.74, 6) is 0.692. The smallest absolute Gasteiger partial charge is 0.255 e. The summed E-state index contributed by atoms with van der Waals surface area (Å²) < 4.78 is 0. The van der Waals surface area contributed by atoms with Gasteiger partial charge in [0.1, 0.15) is 5.82 Å². The van der Waals surface area contributed by atoms with Crippen LogP contribution in [0, 0.1) is 6.92 Å². The van der Waals surface area contributed by atoms with Gasteiger partial charge in [0.05, 0.1) is 11.9 Å². The van der Waals surface area contributed by atoms with Gasteiger partial charge < -0.3 is 10.6 Å². The van der Waals surface area contributed by atoms with Gasteiger partial charge in [-0.3, -0.25) is 4.79 Å². The van der Waals surface area contributed by atoms with Crippen molar-refractivity contribution in [2.75, 3.05) is 10.6 Å². The van der Waals surface area contributed by atoms with Crippen LogP contribution in [0.3, 0.4) is 0 Å². The van der Waals surface area contributed by atoms with Crippen molar-refractivity contribution in [3.63, 3.8) is 0 Å². The average Bonchev–Trinajstić information content (AvgIpc) is 2.49. The molecule has 0 aliphatic rings. The van der Waals surface area contributed by atoms with Crippen molar-refractivity contribution in [2.24, 2.45) is 0 Å². The monoisotopic (exact) mass is 283 g/mol. The Morgan fingerprint density at radius 1 is 1.19 bits per heavy atom. The maximum absolute atomic E-state index is 12.1. The summed E-state index contributed by atoms with van der Waals surface area (Å²) in [5, 5.41) is 6.13. The van der Waals surface area contributed by atoms with Gasteiger partial charge in [-0.1, -0.05) is 24.6 Å². The number of carbonyl (C=O) groups is 1. The number of amides is 1. The van der Waals surface area contributed by atoms with Crippen LogP contribution in [0.5, 0.6) is 0 Å². The lowest BCUT2D eigenvalue weighted by atomic mass is 10.1. The van der Waals surface area contributed by atoms with Crippen molar-refractivity contribution in [1.29, 1.82) is 0 Å². The molecule has 4 heteroatoms. The highest BCUT2D eigenvalue weighted by atomic mass is 16.1. The molecule has 21 heavy (non-hydrogen) atoms. The molecule has 0 saturated carbocycles. The van der Waals surface area contributed by atoms with E-state index in [1.165, 1.54) is 0 Å². The van der Waals surface area contributed by atoms with Gasteiger partial charge in [0.2, 0.25) is 0 Å². The summed E-state index contributed by atoms with van der Waals surface area (Å²) >= 11 is 0. The Labute approximate surface area is 125 Å². The van der Waals surface area contributed by atoms with E-state index in [0.717, 1.165) is 17.8 Å². The van der Waals surface area contributed by atoms with Gasteiger partial charge in [-0.15, -0.1) is 0 Å². The molecule has 0 aliphatic heterocycles. The van der Waals surface area contributed by atoms with Gasteiger partial charge in [-0.25, -0.2) is 4.98 Å². The zero-order chi connectivity index (χ0) is 15.2. The fourth-order valence-corrected chi connectivity index (χ4v) is 1.82. The van der Waals surface area contributed by atoms with Gasteiger partial charge in [0.25, 0.3) is 5.91 Å². The molecule has 1 amide bonds. The molecule has 1 atom stereocenters. The molecule has 0 aliphatic carbocycles. The molecule has 1 aromatic heterocycles. The van der Waals surface area contributed by atoms with Gasteiger partial charge in [0, 0.05) is 11.6 Å². The first-order valence-corrected chi connectivity index (χ1v) is 7.19. The normalized spacial score (nSPS) is 11.8. The standard InChI is InChI=1S/C17H21N3O/c1-4-13(3)19-16-10-9-15(11-18-16)20-17(21)14-7-5-12(2)6-8-14/h5-11,13H,4H2,1-3H3,(H,18,19)(H,20,21). The lowest BCUT2D eigenvalue weighted by Gasteiger charge is -2.12. The van der Waals surface area contributed by atoms with Gasteiger partial charge in [0.15, 0.2) is 0 Å². The minimum Gasteiger partial charge on any atom is -0.368 e. The maximum Gasteiger partial charge on any atom is 0.255 e. The highest BCUT2D eigenvalue weighted by molar-refractivity contribution is 6.04. The molecule has 1 aromatic carbocycles. The number of aryl methyl sites for hydroxylation is 1. The topological polar surface area (TPSA) is 54.0 Å². The quantitative estimate of drug-likeness (QED) is 0.876. The first-order valence-electron chi connectivity index (χ1n) is 7.19. The molecule has 0 radical (unpaired) electrons. The van der Waals surface area contributed by atoms with Crippen molar-refractivity contribution in [3.05, 3.63) is 53.7 Å². The van der Waals surface area contributed by atoms with Crippen LogP contribution in [0.1, 0.15) is 36.2 Å². The second kappa shape index (κ2) is 6.88. The third-order valence-corrected chi connectivity index (χ3v) is 3.34. The third-order valence-electron chi connectivity index (χ3n) is 3.34. The highest BCUT2D eigenvalue weighted by Crippen LogP contribution is 2.13. The van der Waals surface area contributed by atoms with Crippen LogP contribution < -0.4 is 10.6 Å². The molecular weight excluding hydrogens is 262 g/mol. The lowest BCUT2D eigenvalue weighted by molar-refractivity contribution is 0.102. The van der Waals surface area contributed by atoms with Crippen molar-refractivity contribution in [3.8, 4) is 0 Å². The van der Waals surface area contributed by atoms with Crippen molar-refractivity contribution in [2.45, 2.75) is 33.2 Å². The molecule has 1 heterocycles. The first-order chi connectivity index (χ1) is 10.1. The molecule has 2 N–H and O–H groups in total. The maximum atomic E-state index is 12.1. The first kappa shape index (κ1) is 15.0. The fraction of sp³-hybridized carbons (Fsp3) is 0.294. The Balaban J connectivity index is 1.99. The summed E-state index contributed by atoms with van der Waals surface area (Å²) in [6.45, 7) is 6.22. The average molecular weight is 283 g/mol. The van der Waals surface area contributed by atoms with Crippen molar-refractivity contribution >= 4 is 17.4 Å². The van der Waals surface area contributed by atoms with E-state index in [0.29, 0.717) is 17.3 Å².